The molecule has 1 heteroatoms. The van der Waals surface area contributed by atoms with Gasteiger partial charge in [0.15, 0.2) is 0 Å². The first kappa shape index (κ1) is 14.6. The van der Waals surface area contributed by atoms with E-state index in [-0.39, 0.29) is 0 Å². The maximum absolute atomic E-state index is 10.9. The van der Waals surface area contributed by atoms with Crippen molar-refractivity contribution in [2.45, 2.75) is 70.8 Å². The molecular formula is C18H28O. The summed E-state index contributed by atoms with van der Waals surface area (Å²) < 4.78 is 0. The third-order valence-corrected chi connectivity index (χ3v) is 5.08. The lowest BCUT2D eigenvalue weighted by Crippen LogP contribution is -2.33. The molecule has 19 heavy (non-hydrogen) atoms. The molecule has 1 aromatic rings. The highest BCUT2D eigenvalue weighted by Crippen LogP contribution is 2.39. The largest absolute Gasteiger partial charge is 0.385 e. The van der Waals surface area contributed by atoms with E-state index in [0.717, 1.165) is 5.56 Å². The van der Waals surface area contributed by atoms with Gasteiger partial charge in [-0.05, 0) is 49.1 Å². The summed E-state index contributed by atoms with van der Waals surface area (Å²) in [5.74, 6) is 1.03. The molecule has 0 saturated heterocycles. The molecule has 0 aliphatic heterocycles. The van der Waals surface area contributed by atoms with E-state index in [1.165, 1.54) is 44.1 Å². The van der Waals surface area contributed by atoms with Crippen LogP contribution in [0.5, 0.6) is 0 Å². The summed E-state index contributed by atoms with van der Waals surface area (Å²) in [4.78, 5) is 0. The highest BCUT2D eigenvalue weighted by Gasteiger charge is 2.34. The van der Waals surface area contributed by atoms with Crippen molar-refractivity contribution in [3.05, 3.63) is 35.4 Å². The van der Waals surface area contributed by atoms with Gasteiger partial charge in [0.2, 0.25) is 0 Å². The van der Waals surface area contributed by atoms with Crippen LogP contribution in [0.15, 0.2) is 24.3 Å². The van der Waals surface area contributed by atoms with Gasteiger partial charge < -0.3 is 5.11 Å². The Kier molecular flexibility index (Phi) is 4.67. The first-order chi connectivity index (χ1) is 9.05. The zero-order valence-corrected chi connectivity index (χ0v) is 12.7. The van der Waals surface area contributed by atoms with E-state index < -0.39 is 5.60 Å². The normalized spacial score (nSPS) is 21.9. The number of hydrogen-bond acceptors (Lipinski definition) is 1. The van der Waals surface area contributed by atoms with Crippen LogP contribution in [0, 0.1) is 5.92 Å². The average molecular weight is 260 g/mol. The van der Waals surface area contributed by atoms with E-state index in [1.807, 2.05) is 6.92 Å². The molecule has 0 aromatic heterocycles. The molecule has 1 nitrogen and oxygen atoms in total. The molecule has 1 aliphatic rings. The molecule has 1 aromatic carbocycles. The third-order valence-electron chi connectivity index (χ3n) is 5.08. The number of hydrogen-bond donors (Lipinski definition) is 1. The van der Waals surface area contributed by atoms with Gasteiger partial charge in [0.25, 0.3) is 0 Å². The maximum atomic E-state index is 10.9. The van der Waals surface area contributed by atoms with Crippen molar-refractivity contribution < 1.29 is 5.11 Å². The Morgan fingerprint density at radius 1 is 1.16 bits per heavy atom. The highest BCUT2D eigenvalue weighted by molar-refractivity contribution is 5.29. The smallest absolute Gasteiger partial charge is 0.0896 e. The molecule has 1 saturated carbocycles. The second-order valence-corrected chi connectivity index (χ2v) is 6.41. The Morgan fingerprint density at radius 3 is 2.26 bits per heavy atom. The molecule has 0 bridgehead atoms. The van der Waals surface area contributed by atoms with E-state index in [0.29, 0.717) is 11.8 Å². The van der Waals surface area contributed by atoms with E-state index in [9.17, 15) is 5.11 Å². The Labute approximate surface area is 118 Å². The second-order valence-electron chi connectivity index (χ2n) is 6.41. The van der Waals surface area contributed by atoms with Crippen LogP contribution in [0.3, 0.4) is 0 Å². The summed E-state index contributed by atoms with van der Waals surface area (Å²) in [6.07, 6.45) is 7.37. The molecule has 0 radical (unpaired) electrons. The fourth-order valence-electron chi connectivity index (χ4n) is 3.29. The maximum Gasteiger partial charge on any atom is 0.0896 e. The topological polar surface area (TPSA) is 20.2 Å². The van der Waals surface area contributed by atoms with E-state index in [1.54, 1.807) is 0 Å². The van der Waals surface area contributed by atoms with Crippen LogP contribution in [0.4, 0.5) is 0 Å². The van der Waals surface area contributed by atoms with Crippen LogP contribution >= 0.6 is 0 Å². The molecule has 2 rings (SSSR count). The highest BCUT2D eigenvalue weighted by atomic mass is 16.3. The summed E-state index contributed by atoms with van der Waals surface area (Å²) in [7, 11) is 0. The fraction of sp³-hybridized carbons (Fsp3) is 0.667. The molecular weight excluding hydrogens is 232 g/mol. The summed E-state index contributed by atoms with van der Waals surface area (Å²) in [6.45, 7) is 6.48. The number of rotatable bonds is 4. The van der Waals surface area contributed by atoms with Crippen LogP contribution in [0.2, 0.25) is 0 Å². The van der Waals surface area contributed by atoms with Gasteiger partial charge in [0.1, 0.15) is 0 Å². The minimum Gasteiger partial charge on any atom is -0.385 e. The van der Waals surface area contributed by atoms with Crippen LogP contribution in [-0.2, 0) is 5.60 Å². The van der Waals surface area contributed by atoms with Gasteiger partial charge >= 0.3 is 0 Å². The molecule has 106 valence electrons. The van der Waals surface area contributed by atoms with E-state index >= 15 is 0 Å². The van der Waals surface area contributed by atoms with Gasteiger partial charge in [0.05, 0.1) is 5.60 Å². The van der Waals surface area contributed by atoms with Crippen molar-refractivity contribution in [3.8, 4) is 0 Å². The summed E-state index contributed by atoms with van der Waals surface area (Å²) in [5.41, 5.74) is 1.81. The van der Waals surface area contributed by atoms with E-state index in [4.69, 9.17) is 0 Å². The summed E-state index contributed by atoms with van der Waals surface area (Å²) >= 11 is 0. The van der Waals surface area contributed by atoms with Crippen molar-refractivity contribution in [2.24, 2.45) is 5.92 Å². The monoisotopic (exact) mass is 260 g/mol. The van der Waals surface area contributed by atoms with Crippen LogP contribution in [0.1, 0.15) is 76.3 Å². The van der Waals surface area contributed by atoms with Gasteiger partial charge in [-0.3, -0.25) is 0 Å². The molecule has 1 aliphatic carbocycles. The molecule has 2 unspecified atom stereocenters. The van der Waals surface area contributed by atoms with Crippen molar-refractivity contribution in [2.75, 3.05) is 0 Å². The quantitative estimate of drug-likeness (QED) is 0.808. The average Bonchev–Trinajstić information content (AvgIpc) is 2.47. The first-order valence-electron chi connectivity index (χ1n) is 7.88. The lowest BCUT2D eigenvalue weighted by Gasteiger charge is -2.36. The number of benzene rings is 1. The molecule has 0 spiro atoms. The molecule has 0 heterocycles. The zero-order valence-electron chi connectivity index (χ0n) is 12.7. The van der Waals surface area contributed by atoms with Crippen LogP contribution < -0.4 is 0 Å². The lowest BCUT2D eigenvalue weighted by molar-refractivity contribution is -0.0215. The van der Waals surface area contributed by atoms with Crippen molar-refractivity contribution >= 4 is 0 Å². The van der Waals surface area contributed by atoms with Crippen molar-refractivity contribution in [1.29, 1.82) is 0 Å². The fourth-order valence-corrected chi connectivity index (χ4v) is 3.29. The van der Waals surface area contributed by atoms with Gasteiger partial charge in [-0.15, -0.1) is 0 Å². The van der Waals surface area contributed by atoms with Gasteiger partial charge in [-0.2, -0.15) is 0 Å². The Bertz CT molecular complexity index is 385. The molecule has 1 fully saturated rings. The van der Waals surface area contributed by atoms with Crippen LogP contribution in [0.25, 0.3) is 0 Å². The van der Waals surface area contributed by atoms with Gasteiger partial charge in [-0.1, -0.05) is 57.4 Å². The summed E-state index contributed by atoms with van der Waals surface area (Å²) in [5, 5.41) is 10.9. The SMILES string of the molecule is CCC(C)c1ccc(C(C)(O)C2CCCCC2)cc1. The van der Waals surface area contributed by atoms with Gasteiger partial charge in [0, 0.05) is 0 Å². The molecule has 2 atom stereocenters. The van der Waals surface area contributed by atoms with Crippen molar-refractivity contribution in [1.82, 2.24) is 0 Å². The Hall–Kier alpha value is -0.820. The Morgan fingerprint density at radius 2 is 1.74 bits per heavy atom. The van der Waals surface area contributed by atoms with E-state index in [2.05, 4.69) is 38.1 Å². The van der Waals surface area contributed by atoms with Gasteiger partial charge in [-0.25, -0.2) is 0 Å². The van der Waals surface area contributed by atoms with Crippen molar-refractivity contribution in [3.63, 3.8) is 0 Å². The first-order valence-corrected chi connectivity index (χ1v) is 7.88. The lowest BCUT2D eigenvalue weighted by atomic mass is 9.74. The predicted molar refractivity (Wildman–Crippen MR) is 81.3 cm³/mol. The molecule has 1 N–H and O–H groups in total. The predicted octanol–water partition coefficient (Wildman–Crippen LogP) is 4.99. The molecule has 0 amide bonds. The Balaban J connectivity index is 2.15. The third kappa shape index (κ3) is 3.20. The minimum absolute atomic E-state index is 0.427. The minimum atomic E-state index is -0.658. The standard InChI is InChI=1S/C18H28O/c1-4-14(2)15-10-12-17(13-11-15)18(3,19)16-8-6-5-7-9-16/h10-14,16,19H,4-9H2,1-3H3. The number of aliphatic hydroxyl groups is 1. The van der Waals surface area contributed by atoms with Crippen LogP contribution in [-0.4, -0.2) is 5.11 Å². The summed E-state index contributed by atoms with van der Waals surface area (Å²) in [6, 6.07) is 8.66. The zero-order chi connectivity index (χ0) is 13.9. The second kappa shape index (κ2) is 6.09.